The van der Waals surface area contributed by atoms with Gasteiger partial charge in [0.05, 0.1) is 17.9 Å². The van der Waals surface area contributed by atoms with Crippen LogP contribution in [0.3, 0.4) is 0 Å². The second kappa shape index (κ2) is 5.73. The van der Waals surface area contributed by atoms with Gasteiger partial charge in [0.2, 0.25) is 0 Å². The molecule has 1 unspecified atom stereocenters. The molecule has 1 heterocycles. The Bertz CT molecular complexity index is 496. The zero-order valence-electron chi connectivity index (χ0n) is 10.6. The molecule has 0 saturated heterocycles. The average molecular weight is 248 g/mol. The summed E-state index contributed by atoms with van der Waals surface area (Å²) in [5.41, 5.74) is 2.95. The number of benzene rings is 1. The maximum Gasteiger partial charge on any atom is 0.123 e. The molecule has 1 aromatic carbocycles. The number of hydrogen-bond acceptors (Lipinski definition) is 3. The molecule has 2 aromatic rings. The van der Waals surface area contributed by atoms with Gasteiger partial charge in [0.25, 0.3) is 0 Å². The molecule has 0 amide bonds. The van der Waals surface area contributed by atoms with Crippen molar-refractivity contribution in [3.8, 4) is 0 Å². The van der Waals surface area contributed by atoms with Crippen molar-refractivity contribution in [3.05, 3.63) is 47.0 Å². The van der Waals surface area contributed by atoms with Gasteiger partial charge in [-0.15, -0.1) is 0 Å². The molecule has 0 aliphatic rings. The first kappa shape index (κ1) is 12.7. The lowest BCUT2D eigenvalue weighted by atomic mass is 9.99. The van der Waals surface area contributed by atoms with Crippen LogP contribution in [-0.4, -0.2) is 22.0 Å². The zero-order valence-corrected chi connectivity index (χ0v) is 10.6. The molecule has 96 valence electrons. The number of hydrogen-bond donors (Lipinski definition) is 2. The average Bonchev–Trinajstić information content (AvgIpc) is 2.85. The third-order valence-electron chi connectivity index (χ3n) is 2.97. The second-order valence-electron chi connectivity index (χ2n) is 4.28. The summed E-state index contributed by atoms with van der Waals surface area (Å²) < 4.78 is 13.1. The summed E-state index contributed by atoms with van der Waals surface area (Å²) in [5.74, 6) is -0.197. The molecular weight excluding hydrogens is 231 g/mol. The van der Waals surface area contributed by atoms with E-state index in [9.17, 15) is 4.39 Å². The molecule has 0 saturated carbocycles. The fraction of sp³-hybridized carbons (Fsp3) is 0.385. The first-order valence-electron chi connectivity index (χ1n) is 6.04. The van der Waals surface area contributed by atoms with Crippen molar-refractivity contribution >= 4 is 0 Å². The third kappa shape index (κ3) is 2.92. The van der Waals surface area contributed by atoms with E-state index in [1.165, 1.54) is 6.07 Å². The summed E-state index contributed by atoms with van der Waals surface area (Å²) in [6.07, 6.45) is 2.48. The highest BCUT2D eigenvalue weighted by Crippen LogP contribution is 2.19. The van der Waals surface area contributed by atoms with Crippen molar-refractivity contribution in [3.63, 3.8) is 0 Å². The van der Waals surface area contributed by atoms with Crippen LogP contribution >= 0.6 is 0 Å². The summed E-state index contributed by atoms with van der Waals surface area (Å²) in [6.45, 7) is 4.81. The van der Waals surface area contributed by atoms with E-state index in [1.54, 1.807) is 12.3 Å². The molecule has 0 bridgehead atoms. The van der Waals surface area contributed by atoms with Gasteiger partial charge in [0.1, 0.15) is 5.82 Å². The molecule has 0 spiro atoms. The Morgan fingerprint density at radius 3 is 2.89 bits per heavy atom. The van der Waals surface area contributed by atoms with Gasteiger partial charge in [-0.25, -0.2) is 4.39 Å². The van der Waals surface area contributed by atoms with E-state index < -0.39 is 0 Å². The van der Waals surface area contributed by atoms with Crippen LogP contribution in [0.5, 0.6) is 0 Å². The Morgan fingerprint density at radius 1 is 1.44 bits per heavy atom. The van der Waals surface area contributed by atoms with E-state index in [1.807, 2.05) is 19.9 Å². The SMILES string of the molecule is CCNC(Cc1ccc(F)cc1C)c1cn[nH]n1. The van der Waals surface area contributed by atoms with Gasteiger partial charge in [-0.05, 0) is 43.1 Å². The third-order valence-corrected chi connectivity index (χ3v) is 2.97. The van der Waals surface area contributed by atoms with Crippen LogP contribution in [0.1, 0.15) is 29.8 Å². The van der Waals surface area contributed by atoms with Crippen LogP contribution in [0.15, 0.2) is 24.4 Å². The van der Waals surface area contributed by atoms with Crippen molar-refractivity contribution in [1.29, 1.82) is 0 Å². The number of aromatic nitrogens is 3. The molecule has 0 aliphatic heterocycles. The predicted octanol–water partition coefficient (Wildman–Crippen LogP) is 2.15. The second-order valence-corrected chi connectivity index (χ2v) is 4.28. The normalized spacial score (nSPS) is 12.6. The lowest BCUT2D eigenvalue weighted by molar-refractivity contribution is 0.533. The van der Waals surface area contributed by atoms with E-state index in [2.05, 4.69) is 20.7 Å². The summed E-state index contributed by atoms with van der Waals surface area (Å²) in [6, 6.07) is 4.97. The van der Waals surface area contributed by atoms with Crippen molar-refractivity contribution in [2.24, 2.45) is 0 Å². The van der Waals surface area contributed by atoms with Crippen molar-refractivity contribution in [1.82, 2.24) is 20.7 Å². The quantitative estimate of drug-likeness (QED) is 0.852. The maximum atomic E-state index is 13.1. The lowest BCUT2D eigenvalue weighted by Crippen LogP contribution is -2.23. The fourth-order valence-electron chi connectivity index (χ4n) is 2.01. The van der Waals surface area contributed by atoms with E-state index in [0.717, 1.165) is 29.8 Å². The smallest absolute Gasteiger partial charge is 0.123 e. The summed E-state index contributed by atoms with van der Waals surface area (Å²) in [5, 5.41) is 13.9. The number of nitrogens with zero attached hydrogens (tertiary/aromatic N) is 2. The summed E-state index contributed by atoms with van der Waals surface area (Å²) in [4.78, 5) is 0. The van der Waals surface area contributed by atoms with Gasteiger partial charge < -0.3 is 5.32 Å². The number of halogens is 1. The lowest BCUT2D eigenvalue weighted by Gasteiger charge is -2.16. The number of likely N-dealkylation sites (N-methyl/N-ethyl adjacent to an activating group) is 1. The van der Waals surface area contributed by atoms with Crippen LogP contribution < -0.4 is 5.32 Å². The van der Waals surface area contributed by atoms with E-state index in [-0.39, 0.29) is 11.9 Å². The molecular formula is C13H17FN4. The van der Waals surface area contributed by atoms with E-state index in [0.29, 0.717) is 0 Å². The van der Waals surface area contributed by atoms with Gasteiger partial charge in [-0.3, -0.25) is 0 Å². The number of aromatic amines is 1. The molecule has 0 radical (unpaired) electrons. The van der Waals surface area contributed by atoms with Crippen LogP contribution in [0.25, 0.3) is 0 Å². The summed E-state index contributed by atoms with van der Waals surface area (Å²) >= 11 is 0. The minimum atomic E-state index is -0.197. The van der Waals surface area contributed by atoms with E-state index in [4.69, 9.17) is 0 Å². The molecule has 5 heteroatoms. The molecule has 1 aromatic heterocycles. The first-order valence-corrected chi connectivity index (χ1v) is 6.04. The van der Waals surface area contributed by atoms with Crippen LogP contribution in [0.4, 0.5) is 4.39 Å². The molecule has 4 nitrogen and oxygen atoms in total. The largest absolute Gasteiger partial charge is 0.309 e. The fourth-order valence-corrected chi connectivity index (χ4v) is 2.01. The Morgan fingerprint density at radius 2 is 2.28 bits per heavy atom. The molecule has 18 heavy (non-hydrogen) atoms. The highest BCUT2D eigenvalue weighted by Gasteiger charge is 2.15. The van der Waals surface area contributed by atoms with Crippen LogP contribution in [0.2, 0.25) is 0 Å². The first-order chi connectivity index (χ1) is 8.70. The summed E-state index contributed by atoms with van der Waals surface area (Å²) in [7, 11) is 0. The predicted molar refractivity (Wildman–Crippen MR) is 67.6 cm³/mol. The molecule has 0 fully saturated rings. The molecule has 2 rings (SSSR count). The van der Waals surface area contributed by atoms with Crippen molar-refractivity contribution in [2.45, 2.75) is 26.3 Å². The highest BCUT2D eigenvalue weighted by molar-refractivity contribution is 5.28. The van der Waals surface area contributed by atoms with Gasteiger partial charge in [-0.2, -0.15) is 15.4 Å². The molecule has 1 atom stereocenters. The minimum Gasteiger partial charge on any atom is -0.309 e. The van der Waals surface area contributed by atoms with Gasteiger partial charge >= 0.3 is 0 Å². The van der Waals surface area contributed by atoms with Crippen molar-refractivity contribution in [2.75, 3.05) is 6.54 Å². The molecule has 2 N–H and O–H groups in total. The van der Waals surface area contributed by atoms with Gasteiger partial charge in [0, 0.05) is 0 Å². The Labute approximate surface area is 106 Å². The van der Waals surface area contributed by atoms with Crippen molar-refractivity contribution < 1.29 is 4.39 Å². The zero-order chi connectivity index (χ0) is 13.0. The number of H-pyrrole nitrogens is 1. The van der Waals surface area contributed by atoms with Crippen LogP contribution in [0, 0.1) is 12.7 Å². The van der Waals surface area contributed by atoms with Crippen LogP contribution in [-0.2, 0) is 6.42 Å². The van der Waals surface area contributed by atoms with E-state index >= 15 is 0 Å². The monoisotopic (exact) mass is 248 g/mol. The topological polar surface area (TPSA) is 53.6 Å². The number of aryl methyl sites for hydroxylation is 1. The van der Waals surface area contributed by atoms with Gasteiger partial charge in [-0.1, -0.05) is 13.0 Å². The molecule has 0 aliphatic carbocycles. The Balaban J connectivity index is 2.18. The number of nitrogens with one attached hydrogen (secondary N) is 2. The maximum absolute atomic E-state index is 13.1. The highest BCUT2D eigenvalue weighted by atomic mass is 19.1. The Hall–Kier alpha value is -1.75. The Kier molecular flexibility index (Phi) is 4.04. The minimum absolute atomic E-state index is 0.0953. The number of rotatable bonds is 5. The van der Waals surface area contributed by atoms with Gasteiger partial charge in [0.15, 0.2) is 0 Å². The standard InChI is InChI=1S/C13H17FN4/c1-3-15-12(13-8-16-18-17-13)7-10-4-5-11(14)6-9(10)2/h4-6,8,12,15H,3,7H2,1-2H3,(H,16,17,18).